The van der Waals surface area contributed by atoms with Crippen LogP contribution in [0.2, 0.25) is 0 Å². The summed E-state index contributed by atoms with van der Waals surface area (Å²) in [5.41, 5.74) is 5.38. The van der Waals surface area contributed by atoms with E-state index in [0.29, 0.717) is 0 Å². The smallest absolute Gasteiger partial charge is 0.228 e. The second kappa shape index (κ2) is 7.67. The molecule has 1 amide bonds. The molecule has 30 heavy (non-hydrogen) atoms. The number of nitrogens with zero attached hydrogens (tertiary/aromatic N) is 4. The number of anilines is 1. The van der Waals surface area contributed by atoms with Gasteiger partial charge in [0.1, 0.15) is 5.65 Å². The molecular weight excluding hydrogens is 374 g/mol. The van der Waals surface area contributed by atoms with Gasteiger partial charge in [-0.25, -0.2) is 9.67 Å². The number of carbonyl (C=O) groups excluding carboxylic acids is 1. The van der Waals surface area contributed by atoms with Crippen LogP contribution in [0.1, 0.15) is 5.56 Å². The minimum atomic E-state index is -0.0805. The van der Waals surface area contributed by atoms with Crippen LogP contribution in [0.5, 0.6) is 0 Å². The van der Waals surface area contributed by atoms with Crippen LogP contribution >= 0.6 is 0 Å². The highest BCUT2D eigenvalue weighted by molar-refractivity contribution is 5.92. The average Bonchev–Trinajstić information content (AvgIpc) is 3.42. The van der Waals surface area contributed by atoms with Gasteiger partial charge >= 0.3 is 0 Å². The average molecular weight is 393 g/mol. The van der Waals surface area contributed by atoms with Crippen molar-refractivity contribution >= 4 is 17.2 Å². The molecule has 0 saturated carbocycles. The molecule has 0 fully saturated rings. The summed E-state index contributed by atoms with van der Waals surface area (Å²) < 4.78 is 3.76. The quantitative estimate of drug-likeness (QED) is 0.482. The van der Waals surface area contributed by atoms with Gasteiger partial charge in [0.15, 0.2) is 0 Å². The number of aromatic nitrogens is 4. The Bertz CT molecular complexity index is 1270. The summed E-state index contributed by atoms with van der Waals surface area (Å²) in [4.78, 5) is 17.1. The van der Waals surface area contributed by atoms with Gasteiger partial charge in [-0.2, -0.15) is 5.10 Å². The SMILES string of the molecule is O=C(Cc1cnn(-c2ccccc2)c1)Nc1ccc(-c2cn3ccccc3n2)cc1. The van der Waals surface area contributed by atoms with Crippen molar-refractivity contribution in [2.24, 2.45) is 0 Å². The van der Waals surface area contributed by atoms with E-state index in [0.717, 1.165) is 33.8 Å². The van der Waals surface area contributed by atoms with Crippen molar-refractivity contribution in [3.05, 3.63) is 103 Å². The zero-order valence-electron chi connectivity index (χ0n) is 16.1. The Morgan fingerprint density at radius 2 is 1.70 bits per heavy atom. The zero-order chi connectivity index (χ0) is 20.3. The number of pyridine rings is 1. The van der Waals surface area contributed by atoms with Crippen LogP contribution in [0, 0.1) is 0 Å². The molecule has 3 heterocycles. The summed E-state index contributed by atoms with van der Waals surface area (Å²) >= 11 is 0. The molecule has 146 valence electrons. The Kier molecular flexibility index (Phi) is 4.57. The number of rotatable bonds is 5. The minimum Gasteiger partial charge on any atom is -0.326 e. The standard InChI is InChI=1S/C24H19N5O/c30-24(14-18-15-25-29(16-18)21-6-2-1-3-7-21)26-20-11-9-19(10-12-20)22-17-28-13-5-4-8-23(28)27-22/h1-13,15-17H,14H2,(H,26,30). The fourth-order valence-electron chi connectivity index (χ4n) is 3.36. The van der Waals surface area contributed by atoms with Gasteiger partial charge in [0, 0.05) is 29.8 Å². The molecular formula is C24H19N5O. The van der Waals surface area contributed by atoms with E-state index in [4.69, 9.17) is 0 Å². The lowest BCUT2D eigenvalue weighted by atomic mass is 10.1. The van der Waals surface area contributed by atoms with Crippen molar-refractivity contribution in [1.29, 1.82) is 0 Å². The molecule has 0 radical (unpaired) electrons. The summed E-state index contributed by atoms with van der Waals surface area (Å²) in [6.45, 7) is 0. The summed E-state index contributed by atoms with van der Waals surface area (Å²) in [5.74, 6) is -0.0805. The van der Waals surface area contributed by atoms with Crippen molar-refractivity contribution in [1.82, 2.24) is 19.2 Å². The van der Waals surface area contributed by atoms with Crippen LogP contribution in [0.3, 0.4) is 0 Å². The van der Waals surface area contributed by atoms with Gasteiger partial charge in [0.05, 0.1) is 24.0 Å². The lowest BCUT2D eigenvalue weighted by Crippen LogP contribution is -2.13. The monoisotopic (exact) mass is 393 g/mol. The fourth-order valence-corrected chi connectivity index (χ4v) is 3.36. The van der Waals surface area contributed by atoms with E-state index in [9.17, 15) is 4.79 Å². The Morgan fingerprint density at radius 1 is 0.900 bits per heavy atom. The highest BCUT2D eigenvalue weighted by Gasteiger charge is 2.09. The number of para-hydroxylation sites is 1. The molecule has 1 N–H and O–H groups in total. The lowest BCUT2D eigenvalue weighted by Gasteiger charge is -2.05. The van der Waals surface area contributed by atoms with Gasteiger partial charge in [0.2, 0.25) is 5.91 Å². The van der Waals surface area contributed by atoms with Crippen LogP contribution in [0.25, 0.3) is 22.6 Å². The van der Waals surface area contributed by atoms with Crippen LogP contribution in [0.15, 0.2) is 97.6 Å². The maximum Gasteiger partial charge on any atom is 0.228 e. The largest absolute Gasteiger partial charge is 0.326 e. The first-order chi connectivity index (χ1) is 14.7. The first-order valence-electron chi connectivity index (χ1n) is 9.68. The molecule has 6 nitrogen and oxygen atoms in total. The van der Waals surface area contributed by atoms with Crippen molar-refractivity contribution < 1.29 is 4.79 Å². The number of hydrogen-bond acceptors (Lipinski definition) is 3. The Hall–Kier alpha value is -4.19. The summed E-state index contributed by atoms with van der Waals surface area (Å²) in [6.07, 6.45) is 7.83. The Labute approximate surface area is 173 Å². The zero-order valence-corrected chi connectivity index (χ0v) is 16.1. The second-order valence-electron chi connectivity index (χ2n) is 7.02. The third kappa shape index (κ3) is 3.71. The molecule has 0 aliphatic carbocycles. The van der Waals surface area contributed by atoms with Gasteiger partial charge in [0.25, 0.3) is 0 Å². The van der Waals surface area contributed by atoms with Gasteiger partial charge < -0.3 is 9.72 Å². The number of carbonyl (C=O) groups is 1. The molecule has 0 bridgehead atoms. The molecule has 0 aliphatic heterocycles. The number of benzene rings is 2. The van der Waals surface area contributed by atoms with E-state index in [1.54, 1.807) is 10.9 Å². The third-order valence-electron chi connectivity index (χ3n) is 4.85. The van der Waals surface area contributed by atoms with Crippen LogP contribution in [-0.4, -0.2) is 25.1 Å². The lowest BCUT2D eigenvalue weighted by molar-refractivity contribution is -0.115. The summed E-state index contributed by atoms with van der Waals surface area (Å²) in [7, 11) is 0. The second-order valence-corrected chi connectivity index (χ2v) is 7.02. The maximum absolute atomic E-state index is 12.4. The number of amides is 1. The Morgan fingerprint density at radius 3 is 2.50 bits per heavy atom. The normalized spacial score (nSPS) is 10.9. The van der Waals surface area contributed by atoms with Crippen molar-refractivity contribution in [2.45, 2.75) is 6.42 Å². The molecule has 5 rings (SSSR count). The minimum absolute atomic E-state index is 0.0805. The molecule has 3 aromatic heterocycles. The molecule has 2 aromatic carbocycles. The van der Waals surface area contributed by atoms with E-state index in [1.165, 1.54) is 0 Å². The first kappa shape index (κ1) is 17.9. The van der Waals surface area contributed by atoms with Crippen molar-refractivity contribution in [3.63, 3.8) is 0 Å². The topological polar surface area (TPSA) is 64.2 Å². The number of imidazole rings is 1. The highest BCUT2D eigenvalue weighted by atomic mass is 16.1. The molecule has 0 spiro atoms. The number of fused-ring (bicyclic) bond motifs is 1. The molecule has 5 aromatic rings. The predicted molar refractivity (Wildman–Crippen MR) is 117 cm³/mol. The maximum atomic E-state index is 12.4. The van der Waals surface area contributed by atoms with E-state index in [-0.39, 0.29) is 12.3 Å². The van der Waals surface area contributed by atoms with Gasteiger partial charge in [-0.3, -0.25) is 4.79 Å². The summed E-state index contributed by atoms with van der Waals surface area (Å²) in [5, 5.41) is 7.28. The van der Waals surface area contributed by atoms with Gasteiger partial charge in [-0.15, -0.1) is 0 Å². The van der Waals surface area contributed by atoms with E-state index >= 15 is 0 Å². The molecule has 0 unspecified atom stereocenters. The van der Waals surface area contributed by atoms with Gasteiger partial charge in [-0.05, 0) is 42.0 Å². The number of hydrogen-bond donors (Lipinski definition) is 1. The van der Waals surface area contributed by atoms with Gasteiger partial charge in [-0.1, -0.05) is 36.4 Å². The van der Waals surface area contributed by atoms with Crippen LogP contribution in [-0.2, 0) is 11.2 Å². The third-order valence-corrected chi connectivity index (χ3v) is 4.85. The van der Waals surface area contributed by atoms with Crippen LogP contribution in [0.4, 0.5) is 5.69 Å². The van der Waals surface area contributed by atoms with E-state index in [2.05, 4.69) is 15.4 Å². The van der Waals surface area contributed by atoms with Crippen LogP contribution < -0.4 is 5.32 Å². The fraction of sp³-hybridized carbons (Fsp3) is 0.0417. The first-order valence-corrected chi connectivity index (χ1v) is 9.68. The highest BCUT2D eigenvalue weighted by Crippen LogP contribution is 2.21. The van der Waals surface area contributed by atoms with Crippen molar-refractivity contribution in [3.8, 4) is 16.9 Å². The summed E-state index contributed by atoms with van der Waals surface area (Å²) in [6, 6.07) is 23.4. The van der Waals surface area contributed by atoms with E-state index < -0.39 is 0 Å². The predicted octanol–water partition coefficient (Wildman–Crippen LogP) is 4.37. The molecule has 0 atom stereocenters. The molecule has 0 aliphatic rings. The Balaban J connectivity index is 1.25. The van der Waals surface area contributed by atoms with E-state index in [1.807, 2.05) is 95.8 Å². The molecule has 6 heteroatoms. The number of nitrogens with one attached hydrogen (secondary N) is 1. The van der Waals surface area contributed by atoms with Crippen molar-refractivity contribution in [2.75, 3.05) is 5.32 Å². The molecule has 0 saturated heterocycles.